The van der Waals surface area contributed by atoms with E-state index in [9.17, 15) is 0 Å². The molecule has 0 amide bonds. The first-order chi connectivity index (χ1) is 6.66. The molecule has 0 aliphatic carbocycles. The van der Waals surface area contributed by atoms with Crippen LogP contribution in [0, 0.1) is 6.92 Å². The van der Waals surface area contributed by atoms with Crippen molar-refractivity contribution in [3.8, 4) is 0 Å². The van der Waals surface area contributed by atoms with Crippen LogP contribution in [0.5, 0.6) is 0 Å². The molecule has 0 bridgehead atoms. The molecule has 0 spiro atoms. The minimum Gasteiger partial charge on any atom is -0.240 e. The Morgan fingerprint density at radius 2 is 1.86 bits per heavy atom. The second-order valence-electron chi connectivity index (χ2n) is 2.47. The highest BCUT2D eigenvalue weighted by atomic mass is 35.5. The van der Waals surface area contributed by atoms with Gasteiger partial charge in [0.1, 0.15) is 5.52 Å². The molecule has 14 heavy (non-hydrogen) atoms. The summed E-state index contributed by atoms with van der Waals surface area (Å²) in [7, 11) is 0. The second-order valence-corrected chi connectivity index (χ2v) is 4.55. The molecule has 1 heterocycles. The molecule has 0 unspecified atom stereocenters. The summed E-state index contributed by atoms with van der Waals surface area (Å²) in [5.41, 5.74) is 0.851. The zero-order chi connectivity index (χ0) is 10.7. The Hall–Kier alpha value is -0.310. The van der Waals surface area contributed by atoms with Crippen LogP contribution >= 0.6 is 34.5 Å². The van der Waals surface area contributed by atoms with Gasteiger partial charge in [0, 0.05) is 5.02 Å². The second kappa shape index (κ2) is 4.96. The predicted octanol–water partition coefficient (Wildman–Crippen LogP) is 4.94. The van der Waals surface area contributed by atoms with Crippen LogP contribution in [-0.2, 0) is 0 Å². The summed E-state index contributed by atoms with van der Waals surface area (Å²) in [5, 5.41) is 2.30. The first-order valence-corrected chi connectivity index (χ1v) is 5.96. The molecule has 1 nitrogen and oxygen atoms in total. The summed E-state index contributed by atoms with van der Waals surface area (Å²) in [6.45, 7) is 5.95. The average molecular weight is 248 g/mol. The van der Waals surface area contributed by atoms with Gasteiger partial charge in [0.05, 0.1) is 14.7 Å². The average Bonchev–Trinajstić information content (AvgIpc) is 2.49. The van der Waals surface area contributed by atoms with Crippen molar-refractivity contribution in [2.45, 2.75) is 20.8 Å². The van der Waals surface area contributed by atoms with Gasteiger partial charge in [-0.25, -0.2) is 4.98 Å². The van der Waals surface area contributed by atoms with Gasteiger partial charge >= 0.3 is 0 Å². The van der Waals surface area contributed by atoms with E-state index in [4.69, 9.17) is 23.2 Å². The lowest BCUT2D eigenvalue weighted by Crippen LogP contribution is -1.71. The van der Waals surface area contributed by atoms with E-state index < -0.39 is 0 Å². The van der Waals surface area contributed by atoms with Crippen molar-refractivity contribution in [2.75, 3.05) is 0 Å². The number of thiazole rings is 1. The molecule has 4 heteroatoms. The van der Waals surface area contributed by atoms with Gasteiger partial charge in [-0.1, -0.05) is 37.0 Å². The van der Waals surface area contributed by atoms with E-state index >= 15 is 0 Å². The topological polar surface area (TPSA) is 12.9 Å². The number of aromatic nitrogens is 1. The third-order valence-corrected chi connectivity index (χ3v) is 2.94. The molecule has 0 saturated heterocycles. The molecule has 0 atom stereocenters. The van der Waals surface area contributed by atoms with Crippen LogP contribution in [0.3, 0.4) is 0 Å². The maximum atomic E-state index is 5.94. The standard InChI is InChI=1S/C8H5Cl2NS.C2H6/c1-4-11-8-6(10)2-5(9)3-7(8)12-4;1-2/h2-3H,1H3;1-2H3. The van der Waals surface area contributed by atoms with Gasteiger partial charge in [-0.15, -0.1) is 11.3 Å². The molecular formula is C10H11Cl2NS. The largest absolute Gasteiger partial charge is 0.240 e. The molecule has 0 radical (unpaired) electrons. The van der Waals surface area contributed by atoms with Crippen molar-refractivity contribution in [1.29, 1.82) is 0 Å². The molecule has 2 aromatic rings. The molecule has 0 fully saturated rings. The maximum absolute atomic E-state index is 5.94. The molecule has 0 aliphatic heterocycles. The summed E-state index contributed by atoms with van der Waals surface area (Å²) < 4.78 is 1.05. The van der Waals surface area contributed by atoms with Gasteiger partial charge in [0.2, 0.25) is 0 Å². The van der Waals surface area contributed by atoms with Crippen LogP contribution in [0.2, 0.25) is 10.0 Å². The van der Waals surface area contributed by atoms with Crippen molar-refractivity contribution in [3.05, 3.63) is 27.2 Å². The van der Waals surface area contributed by atoms with Gasteiger partial charge in [0.15, 0.2) is 0 Å². The van der Waals surface area contributed by atoms with Crippen LogP contribution in [0.4, 0.5) is 0 Å². The number of hydrogen-bond donors (Lipinski definition) is 0. The molecule has 0 N–H and O–H groups in total. The van der Waals surface area contributed by atoms with E-state index in [2.05, 4.69) is 4.98 Å². The summed E-state index contributed by atoms with van der Waals surface area (Å²) in [6.07, 6.45) is 0. The third kappa shape index (κ3) is 2.38. The van der Waals surface area contributed by atoms with Crippen molar-refractivity contribution in [2.24, 2.45) is 0 Å². The van der Waals surface area contributed by atoms with E-state index in [1.807, 2.05) is 26.8 Å². The van der Waals surface area contributed by atoms with Crippen LogP contribution in [0.25, 0.3) is 10.2 Å². The van der Waals surface area contributed by atoms with Crippen LogP contribution in [-0.4, -0.2) is 4.98 Å². The number of halogens is 2. The number of nitrogens with zero attached hydrogens (tertiary/aromatic N) is 1. The summed E-state index contributed by atoms with van der Waals surface area (Å²) in [4.78, 5) is 4.28. The zero-order valence-corrected chi connectivity index (χ0v) is 10.6. The fraction of sp³-hybridized carbons (Fsp3) is 0.300. The molecule has 0 aliphatic rings. The Labute approximate surface area is 97.7 Å². The van der Waals surface area contributed by atoms with E-state index in [0.717, 1.165) is 15.2 Å². The van der Waals surface area contributed by atoms with Crippen LogP contribution in [0.15, 0.2) is 12.1 Å². The number of aryl methyl sites for hydroxylation is 1. The van der Waals surface area contributed by atoms with Gasteiger partial charge < -0.3 is 0 Å². The van der Waals surface area contributed by atoms with Gasteiger partial charge in [-0.2, -0.15) is 0 Å². The first-order valence-electron chi connectivity index (χ1n) is 4.39. The number of fused-ring (bicyclic) bond motifs is 1. The quantitative estimate of drug-likeness (QED) is 0.643. The van der Waals surface area contributed by atoms with Gasteiger partial charge in [0.25, 0.3) is 0 Å². The van der Waals surface area contributed by atoms with Crippen molar-refractivity contribution in [1.82, 2.24) is 4.98 Å². The first kappa shape index (κ1) is 11.8. The highest BCUT2D eigenvalue weighted by molar-refractivity contribution is 7.18. The normalized spacial score (nSPS) is 9.79. The van der Waals surface area contributed by atoms with E-state index in [1.165, 1.54) is 0 Å². The number of benzene rings is 1. The Morgan fingerprint density at radius 1 is 1.21 bits per heavy atom. The monoisotopic (exact) mass is 247 g/mol. The van der Waals surface area contributed by atoms with Crippen molar-refractivity contribution in [3.63, 3.8) is 0 Å². The fourth-order valence-corrected chi connectivity index (χ4v) is 2.62. The smallest absolute Gasteiger partial charge is 0.100 e. The molecule has 2 rings (SSSR count). The fourth-order valence-electron chi connectivity index (χ4n) is 1.07. The van der Waals surface area contributed by atoms with E-state index in [0.29, 0.717) is 10.0 Å². The molecule has 1 aromatic carbocycles. The lowest BCUT2D eigenvalue weighted by Gasteiger charge is -1.92. The van der Waals surface area contributed by atoms with E-state index in [-0.39, 0.29) is 0 Å². The highest BCUT2D eigenvalue weighted by Gasteiger charge is 2.05. The van der Waals surface area contributed by atoms with Crippen molar-refractivity contribution >= 4 is 44.8 Å². The summed E-state index contributed by atoms with van der Waals surface area (Å²) in [5.74, 6) is 0. The maximum Gasteiger partial charge on any atom is 0.100 e. The van der Waals surface area contributed by atoms with Crippen LogP contribution < -0.4 is 0 Å². The summed E-state index contributed by atoms with van der Waals surface area (Å²) in [6, 6.07) is 3.60. The SMILES string of the molecule is CC.Cc1nc2c(Cl)cc(Cl)cc2s1. The molecule has 0 saturated carbocycles. The number of hydrogen-bond acceptors (Lipinski definition) is 2. The molecular weight excluding hydrogens is 237 g/mol. The third-order valence-electron chi connectivity index (χ3n) is 1.52. The Kier molecular flexibility index (Phi) is 4.17. The van der Waals surface area contributed by atoms with Gasteiger partial charge in [-0.3, -0.25) is 0 Å². The Morgan fingerprint density at radius 3 is 2.50 bits per heavy atom. The van der Waals surface area contributed by atoms with E-state index in [1.54, 1.807) is 17.4 Å². The predicted molar refractivity (Wildman–Crippen MR) is 65.7 cm³/mol. The van der Waals surface area contributed by atoms with Crippen molar-refractivity contribution < 1.29 is 0 Å². The minimum atomic E-state index is 0.627. The molecule has 76 valence electrons. The minimum absolute atomic E-state index is 0.627. The van der Waals surface area contributed by atoms with Gasteiger partial charge in [-0.05, 0) is 19.1 Å². The summed E-state index contributed by atoms with van der Waals surface area (Å²) >= 11 is 13.4. The van der Waals surface area contributed by atoms with Crippen LogP contribution in [0.1, 0.15) is 18.9 Å². The lowest BCUT2D eigenvalue weighted by atomic mass is 10.3. The highest BCUT2D eigenvalue weighted by Crippen LogP contribution is 2.30. The molecule has 1 aromatic heterocycles. The number of rotatable bonds is 0. The Bertz CT molecular complexity index is 437. The zero-order valence-electron chi connectivity index (χ0n) is 8.27. The lowest BCUT2D eigenvalue weighted by molar-refractivity contribution is 1.35. The Balaban J connectivity index is 0.000000461.